The highest BCUT2D eigenvalue weighted by Gasteiger charge is 2.45. The minimum absolute atomic E-state index is 0.132. The summed E-state index contributed by atoms with van der Waals surface area (Å²) in [4.78, 5) is 30.6. The van der Waals surface area contributed by atoms with Crippen LogP contribution in [0.5, 0.6) is 0 Å². The highest BCUT2D eigenvalue weighted by molar-refractivity contribution is 5.69. The number of rotatable bonds is 2. The van der Waals surface area contributed by atoms with Crippen LogP contribution >= 0.6 is 0 Å². The summed E-state index contributed by atoms with van der Waals surface area (Å²) in [6, 6.07) is 4.95. The molecule has 0 aliphatic carbocycles. The number of nitrogens with zero attached hydrogens (tertiary/aromatic N) is 4. The van der Waals surface area contributed by atoms with Crippen LogP contribution in [0.15, 0.2) is 18.2 Å². The third kappa shape index (κ3) is 3.27. The molecule has 1 aromatic heterocycles. The van der Waals surface area contributed by atoms with Gasteiger partial charge in [-0.1, -0.05) is 0 Å². The maximum absolute atomic E-state index is 12.3. The van der Waals surface area contributed by atoms with Crippen molar-refractivity contribution in [3.63, 3.8) is 0 Å². The Morgan fingerprint density at radius 3 is 2.79 bits per heavy atom. The van der Waals surface area contributed by atoms with Crippen LogP contribution < -0.4 is 4.90 Å². The predicted octanol–water partition coefficient (Wildman–Crippen LogP) is 2.44. The van der Waals surface area contributed by atoms with Crippen LogP contribution in [0, 0.1) is 16.0 Å². The molecule has 0 radical (unpaired) electrons. The van der Waals surface area contributed by atoms with E-state index in [4.69, 9.17) is 4.74 Å². The number of hydrogen-bond donors (Lipinski definition) is 0. The van der Waals surface area contributed by atoms with Crippen molar-refractivity contribution in [1.82, 2.24) is 9.88 Å². The predicted molar refractivity (Wildman–Crippen MR) is 87.9 cm³/mol. The number of aromatic nitrogens is 1. The van der Waals surface area contributed by atoms with E-state index >= 15 is 0 Å². The Hall–Kier alpha value is -2.38. The number of carbonyl (C=O) groups is 1. The molecule has 2 aliphatic heterocycles. The van der Waals surface area contributed by atoms with Crippen LogP contribution in [-0.4, -0.2) is 52.2 Å². The van der Waals surface area contributed by atoms with E-state index in [0.717, 1.165) is 13.0 Å². The first kappa shape index (κ1) is 16.5. The zero-order valence-electron chi connectivity index (χ0n) is 14.1. The molecule has 2 aliphatic rings. The third-order valence-electron chi connectivity index (χ3n) is 4.40. The van der Waals surface area contributed by atoms with Gasteiger partial charge in [-0.25, -0.2) is 4.79 Å². The Balaban J connectivity index is 1.73. The smallest absolute Gasteiger partial charge is 0.410 e. The largest absolute Gasteiger partial charge is 0.444 e. The summed E-state index contributed by atoms with van der Waals surface area (Å²) < 4.78 is 5.44. The number of pyridine rings is 1. The molecular formula is C16H22N4O4. The summed E-state index contributed by atoms with van der Waals surface area (Å²) in [7, 11) is 0. The standard InChI is InChI=1S/C16H22N4O4/c1-16(2,3)24-15(21)18-9-11-7-8-19(12(11)10-18)13-5-4-6-14(17-13)20(22)23/h4-6,11-12H,7-10H2,1-3H3. The molecule has 8 nitrogen and oxygen atoms in total. The van der Waals surface area contributed by atoms with Crippen molar-refractivity contribution in [3.8, 4) is 0 Å². The zero-order chi connectivity index (χ0) is 17.5. The second kappa shape index (κ2) is 5.92. The monoisotopic (exact) mass is 334 g/mol. The van der Waals surface area contributed by atoms with Crippen LogP contribution in [0.25, 0.3) is 0 Å². The second-order valence-electron chi connectivity index (χ2n) is 7.31. The molecule has 130 valence electrons. The van der Waals surface area contributed by atoms with Crippen LogP contribution in [0.3, 0.4) is 0 Å². The number of carbonyl (C=O) groups excluding carboxylic acids is 1. The molecular weight excluding hydrogens is 312 g/mol. The van der Waals surface area contributed by atoms with E-state index in [1.165, 1.54) is 6.07 Å². The zero-order valence-corrected chi connectivity index (χ0v) is 14.1. The van der Waals surface area contributed by atoms with Gasteiger partial charge in [0.2, 0.25) is 5.82 Å². The summed E-state index contributed by atoms with van der Waals surface area (Å²) in [6.45, 7) is 7.56. The van der Waals surface area contributed by atoms with Gasteiger partial charge >= 0.3 is 11.9 Å². The fourth-order valence-corrected chi connectivity index (χ4v) is 3.40. The molecule has 0 bridgehead atoms. The molecule has 3 heterocycles. The molecule has 1 aromatic rings. The number of ether oxygens (including phenoxy) is 1. The van der Waals surface area contributed by atoms with Gasteiger partial charge in [-0.15, -0.1) is 0 Å². The second-order valence-corrected chi connectivity index (χ2v) is 7.31. The summed E-state index contributed by atoms with van der Waals surface area (Å²) in [6.07, 6.45) is 0.637. The van der Waals surface area contributed by atoms with Gasteiger partial charge in [0.15, 0.2) is 0 Å². The van der Waals surface area contributed by atoms with E-state index in [1.54, 1.807) is 17.0 Å². The Morgan fingerprint density at radius 1 is 1.38 bits per heavy atom. The van der Waals surface area contributed by atoms with Gasteiger partial charge in [0.05, 0.1) is 6.04 Å². The molecule has 24 heavy (non-hydrogen) atoms. The molecule has 0 aromatic carbocycles. The van der Waals surface area contributed by atoms with Gasteiger partial charge in [0, 0.05) is 37.7 Å². The van der Waals surface area contributed by atoms with Gasteiger partial charge in [-0.2, -0.15) is 0 Å². The van der Waals surface area contributed by atoms with E-state index in [0.29, 0.717) is 24.8 Å². The fraction of sp³-hybridized carbons (Fsp3) is 0.625. The number of hydrogen-bond acceptors (Lipinski definition) is 6. The molecule has 2 saturated heterocycles. The Kier molecular flexibility index (Phi) is 4.06. The SMILES string of the molecule is CC(C)(C)OC(=O)N1CC2CCN(c3cccc([N+](=O)[O-])n3)C2C1. The molecule has 0 saturated carbocycles. The van der Waals surface area contributed by atoms with Crippen molar-refractivity contribution in [2.75, 3.05) is 24.5 Å². The first-order valence-electron chi connectivity index (χ1n) is 8.10. The van der Waals surface area contributed by atoms with E-state index < -0.39 is 10.5 Å². The number of amides is 1. The van der Waals surface area contributed by atoms with Crippen molar-refractivity contribution >= 4 is 17.7 Å². The normalized spacial score (nSPS) is 23.3. The van der Waals surface area contributed by atoms with E-state index in [2.05, 4.69) is 9.88 Å². The minimum Gasteiger partial charge on any atom is -0.444 e. The van der Waals surface area contributed by atoms with Crippen LogP contribution in [-0.2, 0) is 4.74 Å². The van der Waals surface area contributed by atoms with Gasteiger partial charge in [0.1, 0.15) is 5.60 Å². The van der Waals surface area contributed by atoms with E-state index in [-0.39, 0.29) is 18.0 Å². The van der Waals surface area contributed by atoms with Crippen molar-refractivity contribution in [2.45, 2.75) is 38.8 Å². The number of anilines is 1. The first-order valence-corrected chi connectivity index (χ1v) is 8.10. The van der Waals surface area contributed by atoms with Gasteiger partial charge in [-0.05, 0) is 43.2 Å². The van der Waals surface area contributed by atoms with Crippen LogP contribution in [0.1, 0.15) is 27.2 Å². The average molecular weight is 334 g/mol. The lowest BCUT2D eigenvalue weighted by atomic mass is 10.1. The number of fused-ring (bicyclic) bond motifs is 1. The Labute approximate surface area is 140 Å². The molecule has 3 rings (SSSR count). The highest BCUT2D eigenvalue weighted by Crippen LogP contribution is 2.35. The lowest BCUT2D eigenvalue weighted by Crippen LogP contribution is -2.39. The number of likely N-dealkylation sites (tertiary alicyclic amines) is 1. The summed E-state index contributed by atoms with van der Waals surface area (Å²) in [5.74, 6) is 0.791. The maximum atomic E-state index is 12.3. The topological polar surface area (TPSA) is 88.8 Å². The molecule has 0 N–H and O–H groups in total. The molecule has 1 amide bonds. The first-order chi connectivity index (χ1) is 11.2. The van der Waals surface area contributed by atoms with Crippen molar-refractivity contribution in [2.24, 2.45) is 5.92 Å². The Morgan fingerprint density at radius 2 is 2.12 bits per heavy atom. The van der Waals surface area contributed by atoms with Crippen molar-refractivity contribution in [1.29, 1.82) is 0 Å². The molecule has 0 spiro atoms. The molecule has 2 fully saturated rings. The summed E-state index contributed by atoms with van der Waals surface area (Å²) in [5.41, 5.74) is -0.518. The molecule has 2 atom stereocenters. The maximum Gasteiger partial charge on any atom is 0.410 e. The summed E-state index contributed by atoms with van der Waals surface area (Å²) in [5, 5.41) is 10.9. The third-order valence-corrected chi connectivity index (χ3v) is 4.40. The van der Waals surface area contributed by atoms with Crippen LogP contribution in [0.4, 0.5) is 16.4 Å². The van der Waals surface area contributed by atoms with Gasteiger partial charge < -0.3 is 24.7 Å². The molecule has 8 heteroatoms. The van der Waals surface area contributed by atoms with Crippen molar-refractivity contribution in [3.05, 3.63) is 28.3 Å². The van der Waals surface area contributed by atoms with Gasteiger partial charge in [0.25, 0.3) is 0 Å². The lowest BCUT2D eigenvalue weighted by molar-refractivity contribution is -0.389. The van der Waals surface area contributed by atoms with Crippen LogP contribution in [0.2, 0.25) is 0 Å². The van der Waals surface area contributed by atoms with Gasteiger partial charge in [-0.3, -0.25) is 0 Å². The average Bonchev–Trinajstić information content (AvgIpc) is 3.05. The minimum atomic E-state index is -0.518. The Bertz CT molecular complexity index is 658. The lowest BCUT2D eigenvalue weighted by Gasteiger charge is -2.26. The fourth-order valence-electron chi connectivity index (χ4n) is 3.40. The highest BCUT2D eigenvalue weighted by atomic mass is 16.6. The van der Waals surface area contributed by atoms with Crippen molar-refractivity contribution < 1.29 is 14.5 Å². The van der Waals surface area contributed by atoms with E-state index in [9.17, 15) is 14.9 Å². The summed E-state index contributed by atoms with van der Waals surface area (Å²) >= 11 is 0. The number of nitro groups is 1. The molecule has 2 unspecified atom stereocenters. The van der Waals surface area contributed by atoms with E-state index in [1.807, 2.05) is 20.8 Å². The quantitative estimate of drug-likeness (QED) is 0.609.